The average Bonchev–Trinajstić information content (AvgIpc) is 2.62. The van der Waals surface area contributed by atoms with Gasteiger partial charge in [-0.1, -0.05) is 12.1 Å². The van der Waals surface area contributed by atoms with Gasteiger partial charge in [-0.15, -0.1) is 0 Å². The molecule has 1 aromatic heterocycles. The molecule has 24 heavy (non-hydrogen) atoms. The molecule has 0 aliphatic rings. The predicted octanol–water partition coefficient (Wildman–Crippen LogP) is 3.41. The van der Waals surface area contributed by atoms with Crippen LogP contribution in [-0.2, 0) is 6.42 Å². The lowest BCUT2D eigenvalue weighted by molar-refractivity contribution is 0.395. The molecule has 0 unspecified atom stereocenters. The molecule has 0 bridgehead atoms. The van der Waals surface area contributed by atoms with Gasteiger partial charge in [0.05, 0.1) is 26.7 Å². The van der Waals surface area contributed by atoms with Gasteiger partial charge in [0.1, 0.15) is 22.8 Å². The van der Waals surface area contributed by atoms with E-state index < -0.39 is 0 Å². The number of hydrogen-bond acceptors (Lipinski definition) is 5. The molecule has 0 aliphatic carbocycles. The SMILES string of the molecule is COc1ccc(Cc2cc3c(OC)cc(OC)cc3oc2=O)cc1. The molecule has 5 heteroatoms. The molecule has 0 saturated heterocycles. The maximum Gasteiger partial charge on any atom is 0.339 e. The zero-order valence-electron chi connectivity index (χ0n) is 13.8. The van der Waals surface area contributed by atoms with Crippen molar-refractivity contribution in [2.75, 3.05) is 21.3 Å². The van der Waals surface area contributed by atoms with Crippen LogP contribution in [0.1, 0.15) is 11.1 Å². The maximum absolute atomic E-state index is 12.3. The largest absolute Gasteiger partial charge is 0.497 e. The van der Waals surface area contributed by atoms with E-state index in [1.165, 1.54) is 0 Å². The summed E-state index contributed by atoms with van der Waals surface area (Å²) in [6.07, 6.45) is 0.470. The van der Waals surface area contributed by atoms with Crippen molar-refractivity contribution < 1.29 is 18.6 Å². The van der Waals surface area contributed by atoms with E-state index in [4.69, 9.17) is 18.6 Å². The average molecular weight is 326 g/mol. The van der Waals surface area contributed by atoms with Crippen LogP contribution in [0.3, 0.4) is 0 Å². The molecule has 0 amide bonds. The van der Waals surface area contributed by atoms with E-state index >= 15 is 0 Å². The molecule has 124 valence electrons. The Balaban J connectivity index is 2.04. The first-order valence-corrected chi connectivity index (χ1v) is 7.46. The quantitative estimate of drug-likeness (QED) is 0.673. The van der Waals surface area contributed by atoms with Crippen LogP contribution in [0.4, 0.5) is 0 Å². The van der Waals surface area contributed by atoms with E-state index in [0.29, 0.717) is 29.1 Å². The third-order valence-electron chi connectivity index (χ3n) is 3.87. The van der Waals surface area contributed by atoms with Gasteiger partial charge >= 0.3 is 5.63 Å². The number of hydrogen-bond donors (Lipinski definition) is 0. The molecule has 0 spiro atoms. The number of fused-ring (bicyclic) bond motifs is 1. The van der Waals surface area contributed by atoms with Crippen molar-refractivity contribution in [3.05, 3.63) is 64.0 Å². The highest BCUT2D eigenvalue weighted by atomic mass is 16.5. The van der Waals surface area contributed by atoms with Crippen molar-refractivity contribution >= 4 is 11.0 Å². The molecule has 0 atom stereocenters. The van der Waals surface area contributed by atoms with E-state index in [2.05, 4.69) is 0 Å². The first-order chi connectivity index (χ1) is 11.6. The Morgan fingerprint density at radius 2 is 1.58 bits per heavy atom. The highest BCUT2D eigenvalue weighted by Gasteiger charge is 2.12. The van der Waals surface area contributed by atoms with Gasteiger partial charge in [0.2, 0.25) is 0 Å². The second-order valence-electron chi connectivity index (χ2n) is 5.33. The van der Waals surface area contributed by atoms with E-state index in [1.54, 1.807) is 33.5 Å². The van der Waals surface area contributed by atoms with Crippen LogP contribution in [0.15, 0.2) is 51.7 Å². The Labute approximate surface area is 139 Å². The third-order valence-corrected chi connectivity index (χ3v) is 3.87. The van der Waals surface area contributed by atoms with Gasteiger partial charge in [-0.3, -0.25) is 0 Å². The summed E-state index contributed by atoms with van der Waals surface area (Å²) in [5.41, 5.74) is 1.63. The van der Waals surface area contributed by atoms with Crippen LogP contribution >= 0.6 is 0 Å². The van der Waals surface area contributed by atoms with E-state index in [-0.39, 0.29) is 5.63 Å². The lowest BCUT2D eigenvalue weighted by Crippen LogP contribution is -2.08. The second-order valence-corrected chi connectivity index (χ2v) is 5.33. The summed E-state index contributed by atoms with van der Waals surface area (Å²) in [5, 5.41) is 0.737. The number of rotatable bonds is 5. The maximum atomic E-state index is 12.3. The van der Waals surface area contributed by atoms with Gasteiger partial charge < -0.3 is 18.6 Å². The van der Waals surface area contributed by atoms with Gasteiger partial charge in [-0.25, -0.2) is 4.79 Å². The fourth-order valence-electron chi connectivity index (χ4n) is 2.58. The molecular weight excluding hydrogens is 308 g/mol. The first-order valence-electron chi connectivity index (χ1n) is 7.46. The van der Waals surface area contributed by atoms with Crippen LogP contribution in [0.2, 0.25) is 0 Å². The van der Waals surface area contributed by atoms with E-state index in [0.717, 1.165) is 16.7 Å². The summed E-state index contributed by atoms with van der Waals surface area (Å²) in [7, 11) is 4.74. The highest BCUT2D eigenvalue weighted by Crippen LogP contribution is 2.31. The molecule has 3 rings (SSSR count). The van der Waals surface area contributed by atoms with Crippen LogP contribution in [0.5, 0.6) is 17.2 Å². The van der Waals surface area contributed by atoms with Crippen molar-refractivity contribution in [3.63, 3.8) is 0 Å². The van der Waals surface area contributed by atoms with Gasteiger partial charge in [-0.2, -0.15) is 0 Å². The first kappa shape index (κ1) is 15.9. The van der Waals surface area contributed by atoms with E-state index in [9.17, 15) is 4.79 Å². The van der Waals surface area contributed by atoms with Gasteiger partial charge in [0.25, 0.3) is 0 Å². The van der Waals surface area contributed by atoms with Crippen molar-refractivity contribution in [2.45, 2.75) is 6.42 Å². The Morgan fingerprint density at radius 3 is 2.21 bits per heavy atom. The third kappa shape index (κ3) is 3.06. The number of ether oxygens (including phenoxy) is 3. The lowest BCUT2D eigenvalue weighted by atomic mass is 10.0. The monoisotopic (exact) mass is 326 g/mol. The Morgan fingerprint density at radius 1 is 0.875 bits per heavy atom. The predicted molar refractivity (Wildman–Crippen MR) is 91.4 cm³/mol. The van der Waals surface area contributed by atoms with Crippen LogP contribution in [0.25, 0.3) is 11.0 Å². The molecule has 1 heterocycles. The normalized spacial score (nSPS) is 10.6. The summed E-state index contributed by atoms with van der Waals surface area (Å²) < 4.78 is 21.2. The topological polar surface area (TPSA) is 57.9 Å². The molecule has 3 aromatic rings. The van der Waals surface area contributed by atoms with E-state index in [1.807, 2.05) is 30.3 Å². The highest BCUT2D eigenvalue weighted by molar-refractivity contribution is 5.85. The summed E-state index contributed by atoms with van der Waals surface area (Å²) in [4.78, 5) is 12.3. The van der Waals surface area contributed by atoms with Crippen molar-refractivity contribution in [3.8, 4) is 17.2 Å². The number of benzene rings is 2. The molecule has 0 N–H and O–H groups in total. The molecule has 5 nitrogen and oxygen atoms in total. The van der Waals surface area contributed by atoms with Crippen LogP contribution in [-0.4, -0.2) is 21.3 Å². The molecule has 0 aliphatic heterocycles. The van der Waals surface area contributed by atoms with Gasteiger partial charge in [0, 0.05) is 24.1 Å². The molecular formula is C19H18O5. The molecule has 0 saturated carbocycles. The minimum Gasteiger partial charge on any atom is -0.497 e. The van der Waals surface area contributed by atoms with Crippen molar-refractivity contribution in [1.82, 2.24) is 0 Å². The zero-order chi connectivity index (χ0) is 17.1. The number of methoxy groups -OCH3 is 3. The molecule has 2 aromatic carbocycles. The minimum atomic E-state index is -0.367. The van der Waals surface area contributed by atoms with Crippen LogP contribution < -0.4 is 19.8 Å². The van der Waals surface area contributed by atoms with Gasteiger partial charge in [0.15, 0.2) is 0 Å². The van der Waals surface area contributed by atoms with Crippen molar-refractivity contribution in [2.24, 2.45) is 0 Å². The summed E-state index contributed by atoms with van der Waals surface area (Å²) in [6.45, 7) is 0. The van der Waals surface area contributed by atoms with Crippen molar-refractivity contribution in [1.29, 1.82) is 0 Å². The lowest BCUT2D eigenvalue weighted by Gasteiger charge is -2.09. The molecule has 0 fully saturated rings. The Kier molecular flexibility index (Phi) is 4.42. The molecule has 0 radical (unpaired) electrons. The second kappa shape index (κ2) is 6.66. The minimum absolute atomic E-state index is 0.367. The zero-order valence-corrected chi connectivity index (χ0v) is 13.8. The standard InChI is InChI=1S/C19H18O5/c1-21-14-6-4-12(5-7-14)8-13-9-16-17(23-3)10-15(22-2)11-18(16)24-19(13)20/h4-7,9-11H,8H2,1-3H3. The van der Waals surface area contributed by atoms with Gasteiger partial charge in [-0.05, 0) is 23.8 Å². The fraction of sp³-hybridized carbons (Fsp3) is 0.211. The summed E-state index contributed by atoms with van der Waals surface area (Å²) in [6, 6.07) is 12.8. The summed E-state index contributed by atoms with van der Waals surface area (Å²) in [5.74, 6) is 1.95. The smallest absolute Gasteiger partial charge is 0.339 e. The van der Waals surface area contributed by atoms with Crippen LogP contribution in [0, 0.1) is 0 Å². The Hall–Kier alpha value is -2.95. The fourth-order valence-corrected chi connectivity index (χ4v) is 2.58. The summed E-state index contributed by atoms with van der Waals surface area (Å²) >= 11 is 0. The Bertz CT molecular complexity index is 909.